The van der Waals surface area contributed by atoms with Crippen LogP contribution in [0.25, 0.3) is 11.5 Å². The lowest BCUT2D eigenvalue weighted by Gasteiger charge is -2.34. The van der Waals surface area contributed by atoms with Crippen LogP contribution in [0.4, 0.5) is 0 Å². The third-order valence-corrected chi connectivity index (χ3v) is 6.89. The summed E-state index contributed by atoms with van der Waals surface area (Å²) in [5.41, 5.74) is 1.82. The Kier molecular flexibility index (Phi) is 6.79. The van der Waals surface area contributed by atoms with E-state index >= 15 is 0 Å². The number of hydrogen-bond donors (Lipinski definition) is 1. The van der Waals surface area contributed by atoms with Crippen molar-refractivity contribution in [1.29, 1.82) is 0 Å². The maximum Gasteiger partial charge on any atom is 0.226 e. The highest BCUT2D eigenvalue weighted by Crippen LogP contribution is 2.27. The Morgan fingerprint density at radius 3 is 2.90 bits per heavy atom. The predicted octanol–water partition coefficient (Wildman–Crippen LogP) is 5.21. The van der Waals surface area contributed by atoms with Gasteiger partial charge in [-0.1, -0.05) is 37.4 Å². The molecule has 0 unspecified atom stereocenters. The van der Waals surface area contributed by atoms with Crippen LogP contribution in [0.1, 0.15) is 56.9 Å². The van der Waals surface area contributed by atoms with E-state index in [9.17, 15) is 4.79 Å². The Morgan fingerprint density at radius 1 is 1.27 bits per heavy atom. The Morgan fingerprint density at radius 2 is 2.10 bits per heavy atom. The number of nitrogens with zero attached hydrogens (tertiary/aromatic N) is 2. The number of likely N-dealkylation sites (tertiary alicyclic amines) is 1. The van der Waals surface area contributed by atoms with Crippen LogP contribution in [-0.2, 0) is 11.3 Å². The molecule has 1 aromatic heterocycles. The maximum atomic E-state index is 12.9. The second kappa shape index (κ2) is 9.52. The van der Waals surface area contributed by atoms with Gasteiger partial charge in [0.05, 0.1) is 11.6 Å². The monoisotopic (exact) mass is 429 g/mol. The largest absolute Gasteiger partial charge is 0.441 e. The highest BCUT2D eigenvalue weighted by Gasteiger charge is 2.30. The van der Waals surface area contributed by atoms with Crippen molar-refractivity contribution in [2.45, 2.75) is 65.0 Å². The first-order valence-electron chi connectivity index (χ1n) is 11.2. The maximum absolute atomic E-state index is 12.9. The van der Waals surface area contributed by atoms with Crippen LogP contribution in [0.5, 0.6) is 0 Å². The van der Waals surface area contributed by atoms with Gasteiger partial charge in [0.1, 0.15) is 5.76 Å². The molecule has 0 bridgehead atoms. The molecule has 1 N–H and O–H groups in total. The van der Waals surface area contributed by atoms with Crippen molar-refractivity contribution in [2.24, 2.45) is 11.8 Å². The third kappa shape index (κ3) is 5.06. The highest BCUT2D eigenvalue weighted by atomic mass is 35.5. The summed E-state index contributed by atoms with van der Waals surface area (Å²) in [6.07, 6.45) is 6.87. The second-order valence-corrected chi connectivity index (χ2v) is 9.42. The van der Waals surface area contributed by atoms with Crippen molar-refractivity contribution in [2.75, 3.05) is 13.1 Å². The van der Waals surface area contributed by atoms with E-state index in [1.807, 2.05) is 31.2 Å². The molecule has 1 aliphatic carbocycles. The van der Waals surface area contributed by atoms with E-state index < -0.39 is 0 Å². The first kappa shape index (κ1) is 21.4. The summed E-state index contributed by atoms with van der Waals surface area (Å²) in [5.74, 6) is 2.31. The van der Waals surface area contributed by atoms with Crippen molar-refractivity contribution >= 4 is 17.5 Å². The molecule has 1 saturated carbocycles. The van der Waals surface area contributed by atoms with Gasteiger partial charge >= 0.3 is 0 Å². The van der Waals surface area contributed by atoms with Crippen LogP contribution >= 0.6 is 11.6 Å². The number of oxazole rings is 1. The lowest BCUT2D eigenvalue weighted by atomic mass is 9.85. The smallest absolute Gasteiger partial charge is 0.226 e. The van der Waals surface area contributed by atoms with Gasteiger partial charge in [0.2, 0.25) is 11.8 Å². The third-order valence-electron chi connectivity index (χ3n) is 6.65. The number of hydrogen-bond acceptors (Lipinski definition) is 4. The van der Waals surface area contributed by atoms with Crippen LogP contribution in [0.3, 0.4) is 0 Å². The predicted molar refractivity (Wildman–Crippen MR) is 119 cm³/mol. The van der Waals surface area contributed by atoms with Gasteiger partial charge in [-0.3, -0.25) is 9.69 Å². The minimum Gasteiger partial charge on any atom is -0.441 e. The number of halogens is 1. The van der Waals surface area contributed by atoms with Gasteiger partial charge in [-0.2, -0.15) is 0 Å². The number of amides is 1. The van der Waals surface area contributed by atoms with E-state index in [2.05, 4.69) is 17.1 Å². The molecule has 30 heavy (non-hydrogen) atoms. The summed E-state index contributed by atoms with van der Waals surface area (Å²) < 4.78 is 5.91. The number of carbonyl (C=O) groups is 1. The summed E-state index contributed by atoms with van der Waals surface area (Å²) in [6.45, 7) is 6.70. The Balaban J connectivity index is 1.37. The Hall–Kier alpha value is -1.85. The molecule has 2 aromatic rings. The number of aryl methyl sites for hydroxylation is 1. The van der Waals surface area contributed by atoms with Crippen LogP contribution in [0, 0.1) is 18.8 Å². The number of rotatable bonds is 5. The molecule has 2 aliphatic rings. The molecule has 0 spiro atoms. The summed E-state index contributed by atoms with van der Waals surface area (Å²) in [7, 11) is 0. The molecule has 5 nitrogen and oxygen atoms in total. The van der Waals surface area contributed by atoms with Crippen LogP contribution < -0.4 is 5.32 Å². The quantitative estimate of drug-likeness (QED) is 0.708. The molecule has 3 atom stereocenters. The summed E-state index contributed by atoms with van der Waals surface area (Å²) >= 11 is 6.11. The molecule has 6 heteroatoms. The lowest BCUT2D eigenvalue weighted by molar-refractivity contribution is -0.128. The lowest BCUT2D eigenvalue weighted by Crippen LogP contribution is -2.48. The summed E-state index contributed by atoms with van der Waals surface area (Å²) in [4.78, 5) is 20.0. The van der Waals surface area contributed by atoms with Gasteiger partial charge < -0.3 is 9.73 Å². The minimum absolute atomic E-state index is 0.0625. The fraction of sp³-hybridized carbons (Fsp3) is 0.583. The molecule has 1 saturated heterocycles. The molecule has 4 rings (SSSR count). The molecule has 1 aromatic carbocycles. The molecular weight excluding hydrogens is 398 g/mol. The topological polar surface area (TPSA) is 58.4 Å². The Labute approximate surface area is 184 Å². The molecule has 2 fully saturated rings. The number of carbonyl (C=O) groups excluding carboxylic acids is 1. The highest BCUT2D eigenvalue weighted by molar-refractivity contribution is 6.30. The zero-order valence-electron chi connectivity index (χ0n) is 18.0. The van der Waals surface area contributed by atoms with Gasteiger partial charge in [-0.25, -0.2) is 4.98 Å². The molecule has 0 radical (unpaired) electrons. The number of piperidine rings is 1. The molecule has 162 valence electrons. The van der Waals surface area contributed by atoms with Gasteiger partial charge in [-0.05, 0) is 63.3 Å². The minimum atomic E-state index is 0.0625. The zero-order chi connectivity index (χ0) is 21.1. The van der Waals surface area contributed by atoms with Crippen molar-refractivity contribution in [3.8, 4) is 11.5 Å². The van der Waals surface area contributed by atoms with Crippen molar-refractivity contribution in [3.05, 3.63) is 40.7 Å². The van der Waals surface area contributed by atoms with Crippen molar-refractivity contribution in [1.82, 2.24) is 15.2 Å². The van der Waals surface area contributed by atoms with Gasteiger partial charge in [-0.15, -0.1) is 0 Å². The van der Waals surface area contributed by atoms with Gasteiger partial charge in [0, 0.05) is 29.7 Å². The zero-order valence-corrected chi connectivity index (χ0v) is 18.8. The van der Waals surface area contributed by atoms with Gasteiger partial charge in [0.25, 0.3) is 0 Å². The van der Waals surface area contributed by atoms with Gasteiger partial charge in [0.15, 0.2) is 0 Å². The van der Waals surface area contributed by atoms with E-state index in [-0.39, 0.29) is 11.8 Å². The fourth-order valence-electron chi connectivity index (χ4n) is 4.78. The number of nitrogens with one attached hydrogen (secondary N) is 1. The van der Waals surface area contributed by atoms with Crippen LogP contribution in [-0.4, -0.2) is 34.9 Å². The number of aromatic nitrogens is 1. The molecule has 2 heterocycles. The Bertz CT molecular complexity index is 881. The first-order valence-corrected chi connectivity index (χ1v) is 11.6. The summed E-state index contributed by atoms with van der Waals surface area (Å²) in [5, 5.41) is 4.02. The molecule has 1 aliphatic heterocycles. The van der Waals surface area contributed by atoms with E-state index in [0.29, 0.717) is 29.4 Å². The number of benzene rings is 1. The van der Waals surface area contributed by atoms with E-state index in [4.69, 9.17) is 21.0 Å². The first-order chi connectivity index (χ1) is 14.5. The van der Waals surface area contributed by atoms with Crippen molar-refractivity contribution < 1.29 is 9.21 Å². The fourth-order valence-corrected chi connectivity index (χ4v) is 4.97. The van der Waals surface area contributed by atoms with Crippen LogP contribution in [0.2, 0.25) is 5.02 Å². The normalized spacial score (nSPS) is 25.2. The van der Waals surface area contributed by atoms with E-state index in [1.54, 1.807) is 0 Å². The average molecular weight is 430 g/mol. The average Bonchev–Trinajstić information content (AvgIpc) is 3.10. The van der Waals surface area contributed by atoms with E-state index in [1.165, 1.54) is 19.3 Å². The molecular formula is C24H32ClN3O2. The molecule has 1 amide bonds. The van der Waals surface area contributed by atoms with Crippen LogP contribution in [0.15, 0.2) is 28.7 Å². The van der Waals surface area contributed by atoms with Crippen molar-refractivity contribution in [3.63, 3.8) is 0 Å². The second-order valence-electron chi connectivity index (χ2n) is 8.98. The van der Waals surface area contributed by atoms with E-state index in [0.717, 1.165) is 49.4 Å². The SMILES string of the molecule is Cc1oc(-c2cccc(Cl)c2)nc1CN1CCC[C@H](C(=O)N[C@H]2CCCC[C@H]2C)C1. The summed E-state index contributed by atoms with van der Waals surface area (Å²) in [6, 6.07) is 7.91. The standard InChI is InChI=1S/C24H32ClN3O2/c1-16-7-3-4-11-21(16)26-23(29)19-9-6-12-28(14-19)15-22-17(2)30-24(27-22)18-8-5-10-20(25)13-18/h5,8,10,13,16,19,21H,3-4,6-7,9,11-12,14-15H2,1-2H3,(H,26,29)/t16-,19+,21+/m1/s1.